The fraction of sp³-hybridized carbons (Fsp3) is 0.0500. The quantitative estimate of drug-likeness (QED) is 0.571. The molecule has 0 aliphatic carbocycles. The highest BCUT2D eigenvalue weighted by Crippen LogP contribution is 2.31. The average molecular weight is 326 g/mol. The number of ether oxygens (including phenoxy) is 1. The molecular formula is C20H14N4O. The fourth-order valence-electron chi connectivity index (χ4n) is 2.89. The molecule has 0 amide bonds. The number of methoxy groups -OCH3 is 1. The Bertz CT molecular complexity index is 1080. The summed E-state index contributed by atoms with van der Waals surface area (Å²) in [4.78, 5) is 8.82. The van der Waals surface area contributed by atoms with Gasteiger partial charge in [-0.2, -0.15) is 5.26 Å². The summed E-state index contributed by atoms with van der Waals surface area (Å²) in [6, 6.07) is 19.8. The Balaban J connectivity index is 2.02. The Morgan fingerprint density at radius 3 is 2.44 bits per heavy atom. The number of para-hydroxylation sites is 1. The SMILES string of the molecule is COc1ccc(-c2ncnc3c(C#N)cn(-c4ccccc4)c23)cc1. The topological polar surface area (TPSA) is 63.7 Å². The van der Waals surface area contributed by atoms with Gasteiger partial charge in [0.1, 0.15) is 23.7 Å². The van der Waals surface area contributed by atoms with Gasteiger partial charge in [0.15, 0.2) is 0 Å². The third kappa shape index (κ3) is 2.50. The number of fused-ring (bicyclic) bond motifs is 1. The van der Waals surface area contributed by atoms with Crippen molar-refractivity contribution in [3.63, 3.8) is 0 Å². The van der Waals surface area contributed by atoms with Crippen LogP contribution in [0.5, 0.6) is 5.75 Å². The molecule has 2 aromatic carbocycles. The molecule has 0 aliphatic heterocycles. The summed E-state index contributed by atoms with van der Waals surface area (Å²) in [6.07, 6.45) is 3.31. The van der Waals surface area contributed by atoms with Crippen LogP contribution in [0.1, 0.15) is 5.56 Å². The van der Waals surface area contributed by atoms with Gasteiger partial charge in [-0.05, 0) is 36.4 Å². The lowest BCUT2D eigenvalue weighted by Crippen LogP contribution is -1.96. The first-order chi connectivity index (χ1) is 12.3. The number of rotatable bonds is 3. The summed E-state index contributed by atoms with van der Waals surface area (Å²) in [5.74, 6) is 0.783. The molecule has 4 aromatic rings. The van der Waals surface area contributed by atoms with E-state index < -0.39 is 0 Å². The summed E-state index contributed by atoms with van der Waals surface area (Å²) in [5.41, 5.74) is 4.66. The number of nitriles is 1. The minimum atomic E-state index is 0.524. The molecule has 5 heteroatoms. The molecule has 0 unspecified atom stereocenters. The van der Waals surface area contributed by atoms with Crippen LogP contribution >= 0.6 is 0 Å². The Morgan fingerprint density at radius 2 is 1.76 bits per heavy atom. The third-order valence-electron chi connectivity index (χ3n) is 4.09. The van der Waals surface area contributed by atoms with E-state index in [9.17, 15) is 5.26 Å². The van der Waals surface area contributed by atoms with Gasteiger partial charge in [0, 0.05) is 17.4 Å². The summed E-state index contributed by atoms with van der Waals surface area (Å²) >= 11 is 0. The van der Waals surface area contributed by atoms with E-state index in [1.165, 1.54) is 6.33 Å². The van der Waals surface area contributed by atoms with Crippen molar-refractivity contribution < 1.29 is 4.74 Å². The van der Waals surface area contributed by atoms with Crippen LogP contribution in [-0.2, 0) is 0 Å². The lowest BCUT2D eigenvalue weighted by Gasteiger charge is -2.09. The summed E-state index contributed by atoms with van der Waals surface area (Å²) in [5, 5.41) is 9.49. The van der Waals surface area contributed by atoms with Crippen molar-refractivity contribution in [1.29, 1.82) is 5.26 Å². The van der Waals surface area contributed by atoms with Crippen molar-refractivity contribution in [1.82, 2.24) is 14.5 Å². The minimum Gasteiger partial charge on any atom is -0.497 e. The molecule has 0 N–H and O–H groups in total. The molecule has 0 bridgehead atoms. The average Bonchev–Trinajstić information content (AvgIpc) is 3.08. The zero-order valence-corrected chi connectivity index (χ0v) is 13.5. The van der Waals surface area contributed by atoms with Gasteiger partial charge in [-0.1, -0.05) is 18.2 Å². The van der Waals surface area contributed by atoms with Crippen molar-refractivity contribution in [2.75, 3.05) is 7.11 Å². The molecule has 2 aromatic heterocycles. The van der Waals surface area contributed by atoms with E-state index in [0.717, 1.165) is 28.2 Å². The molecule has 120 valence electrons. The first-order valence-electron chi connectivity index (χ1n) is 7.78. The van der Waals surface area contributed by atoms with Gasteiger partial charge < -0.3 is 9.30 Å². The van der Waals surface area contributed by atoms with Crippen LogP contribution in [-0.4, -0.2) is 21.6 Å². The smallest absolute Gasteiger partial charge is 0.118 e. The largest absolute Gasteiger partial charge is 0.497 e. The van der Waals surface area contributed by atoms with Crippen LogP contribution in [0.2, 0.25) is 0 Å². The molecule has 0 saturated heterocycles. The first kappa shape index (κ1) is 14.9. The molecule has 0 fully saturated rings. The number of hydrogen-bond donors (Lipinski definition) is 0. The van der Waals surface area contributed by atoms with Crippen LogP contribution < -0.4 is 4.74 Å². The zero-order chi connectivity index (χ0) is 17.2. The normalized spacial score (nSPS) is 10.6. The summed E-state index contributed by atoms with van der Waals surface area (Å²) in [7, 11) is 1.64. The minimum absolute atomic E-state index is 0.524. The predicted molar refractivity (Wildman–Crippen MR) is 95.6 cm³/mol. The molecule has 0 atom stereocenters. The zero-order valence-electron chi connectivity index (χ0n) is 13.5. The highest BCUT2D eigenvalue weighted by atomic mass is 16.5. The van der Waals surface area contributed by atoms with Gasteiger partial charge in [0.2, 0.25) is 0 Å². The molecule has 0 aliphatic rings. The lowest BCUT2D eigenvalue weighted by molar-refractivity contribution is 0.415. The predicted octanol–water partition coefficient (Wildman–Crippen LogP) is 3.97. The fourth-order valence-corrected chi connectivity index (χ4v) is 2.89. The second-order valence-corrected chi connectivity index (χ2v) is 5.51. The van der Waals surface area contributed by atoms with E-state index in [2.05, 4.69) is 16.0 Å². The van der Waals surface area contributed by atoms with Crippen molar-refractivity contribution in [3.8, 4) is 28.8 Å². The van der Waals surface area contributed by atoms with Crippen molar-refractivity contribution >= 4 is 11.0 Å². The molecule has 0 saturated carbocycles. The standard InChI is InChI=1S/C20H14N4O/c1-25-17-9-7-14(8-10-17)18-20-19(23-13-22-18)15(11-21)12-24(20)16-5-3-2-4-6-16/h2-10,12-13H,1H3. The van der Waals surface area contributed by atoms with Gasteiger partial charge in [0.05, 0.1) is 23.9 Å². The van der Waals surface area contributed by atoms with E-state index in [1.54, 1.807) is 7.11 Å². The maximum atomic E-state index is 9.49. The van der Waals surface area contributed by atoms with E-state index in [-0.39, 0.29) is 0 Å². The Hall–Kier alpha value is -3.65. The van der Waals surface area contributed by atoms with Gasteiger partial charge in [-0.3, -0.25) is 0 Å². The maximum Gasteiger partial charge on any atom is 0.118 e. The molecule has 25 heavy (non-hydrogen) atoms. The van der Waals surface area contributed by atoms with Crippen LogP contribution in [0.15, 0.2) is 67.1 Å². The number of hydrogen-bond acceptors (Lipinski definition) is 4. The van der Waals surface area contributed by atoms with E-state index in [4.69, 9.17) is 4.74 Å². The molecular weight excluding hydrogens is 312 g/mol. The van der Waals surface area contributed by atoms with Gasteiger partial charge in [-0.25, -0.2) is 9.97 Å². The molecule has 5 nitrogen and oxygen atoms in total. The second-order valence-electron chi connectivity index (χ2n) is 5.51. The number of nitrogens with zero attached hydrogens (tertiary/aromatic N) is 4. The number of benzene rings is 2. The van der Waals surface area contributed by atoms with Crippen molar-refractivity contribution in [3.05, 3.63) is 72.7 Å². The van der Waals surface area contributed by atoms with Crippen LogP contribution in [0.3, 0.4) is 0 Å². The van der Waals surface area contributed by atoms with Crippen molar-refractivity contribution in [2.24, 2.45) is 0 Å². The number of aromatic nitrogens is 3. The Kier molecular flexibility index (Phi) is 3.64. The van der Waals surface area contributed by atoms with Gasteiger partial charge >= 0.3 is 0 Å². The van der Waals surface area contributed by atoms with E-state index in [0.29, 0.717) is 11.1 Å². The van der Waals surface area contributed by atoms with Crippen molar-refractivity contribution in [2.45, 2.75) is 0 Å². The maximum absolute atomic E-state index is 9.49. The van der Waals surface area contributed by atoms with Gasteiger partial charge in [-0.15, -0.1) is 0 Å². The third-order valence-corrected chi connectivity index (χ3v) is 4.09. The summed E-state index contributed by atoms with van der Waals surface area (Å²) in [6.45, 7) is 0. The van der Waals surface area contributed by atoms with Crippen LogP contribution in [0.4, 0.5) is 0 Å². The highest BCUT2D eigenvalue weighted by molar-refractivity contribution is 5.94. The Labute approximate surface area is 144 Å². The monoisotopic (exact) mass is 326 g/mol. The van der Waals surface area contributed by atoms with E-state index in [1.807, 2.05) is 65.4 Å². The highest BCUT2D eigenvalue weighted by Gasteiger charge is 2.16. The molecule has 0 radical (unpaired) electrons. The van der Waals surface area contributed by atoms with Crippen LogP contribution in [0.25, 0.3) is 28.0 Å². The molecule has 0 spiro atoms. The first-order valence-corrected chi connectivity index (χ1v) is 7.78. The van der Waals surface area contributed by atoms with Crippen LogP contribution in [0, 0.1) is 11.3 Å². The van der Waals surface area contributed by atoms with Gasteiger partial charge in [0.25, 0.3) is 0 Å². The Morgan fingerprint density at radius 1 is 1.00 bits per heavy atom. The lowest BCUT2D eigenvalue weighted by atomic mass is 10.1. The molecule has 2 heterocycles. The van der Waals surface area contributed by atoms with E-state index >= 15 is 0 Å². The molecule has 4 rings (SSSR count). The summed E-state index contributed by atoms with van der Waals surface area (Å²) < 4.78 is 7.19. The second kappa shape index (κ2) is 6.10.